The zero-order chi connectivity index (χ0) is 13.2. The van der Waals surface area contributed by atoms with Crippen LogP contribution < -0.4 is 5.73 Å². The molecule has 0 aliphatic rings. The molecule has 6 heteroatoms. The molecule has 2 N–H and O–H groups in total. The van der Waals surface area contributed by atoms with Crippen LogP contribution in [0.15, 0.2) is 24.3 Å². The van der Waals surface area contributed by atoms with Crippen LogP contribution in [-0.2, 0) is 12.8 Å². The summed E-state index contributed by atoms with van der Waals surface area (Å²) in [6, 6.07) is 8.31. The SMILES string of the molecule is Cc1ccccc1Cc1nnc2sc(CCN)nn12. The fourth-order valence-electron chi connectivity index (χ4n) is 2.01. The van der Waals surface area contributed by atoms with E-state index in [2.05, 4.69) is 34.4 Å². The first-order valence-corrected chi connectivity index (χ1v) is 7.04. The van der Waals surface area contributed by atoms with Gasteiger partial charge >= 0.3 is 0 Å². The van der Waals surface area contributed by atoms with E-state index in [1.54, 1.807) is 11.3 Å². The maximum absolute atomic E-state index is 5.55. The minimum Gasteiger partial charge on any atom is -0.330 e. The Kier molecular flexibility index (Phi) is 3.27. The molecular formula is C13H15N5S. The molecule has 0 spiro atoms. The second-order valence-electron chi connectivity index (χ2n) is 4.45. The topological polar surface area (TPSA) is 69.1 Å². The van der Waals surface area contributed by atoms with Crippen LogP contribution in [0.5, 0.6) is 0 Å². The van der Waals surface area contributed by atoms with Crippen molar-refractivity contribution in [2.24, 2.45) is 5.73 Å². The van der Waals surface area contributed by atoms with Gasteiger partial charge < -0.3 is 5.73 Å². The first-order valence-electron chi connectivity index (χ1n) is 6.22. The van der Waals surface area contributed by atoms with Gasteiger partial charge in [-0.1, -0.05) is 35.6 Å². The molecule has 0 unspecified atom stereocenters. The van der Waals surface area contributed by atoms with Crippen molar-refractivity contribution in [3.63, 3.8) is 0 Å². The lowest BCUT2D eigenvalue weighted by molar-refractivity contribution is 0.812. The summed E-state index contributed by atoms with van der Waals surface area (Å²) in [4.78, 5) is 0.840. The quantitative estimate of drug-likeness (QED) is 0.783. The van der Waals surface area contributed by atoms with E-state index >= 15 is 0 Å². The molecule has 0 bridgehead atoms. The highest BCUT2D eigenvalue weighted by Crippen LogP contribution is 2.17. The summed E-state index contributed by atoms with van der Waals surface area (Å²) in [5.74, 6) is 0.879. The van der Waals surface area contributed by atoms with Crippen LogP contribution in [0.1, 0.15) is 22.0 Å². The van der Waals surface area contributed by atoms with Gasteiger partial charge in [0.05, 0.1) is 0 Å². The second kappa shape index (κ2) is 5.07. The molecule has 1 aromatic carbocycles. The number of fused-ring (bicyclic) bond motifs is 1. The van der Waals surface area contributed by atoms with Crippen molar-refractivity contribution in [1.82, 2.24) is 19.8 Å². The van der Waals surface area contributed by atoms with Crippen LogP contribution in [0.2, 0.25) is 0 Å². The van der Waals surface area contributed by atoms with Crippen molar-refractivity contribution in [2.45, 2.75) is 19.8 Å². The average Bonchev–Trinajstić information content (AvgIpc) is 2.94. The fraction of sp³-hybridized carbons (Fsp3) is 0.308. The van der Waals surface area contributed by atoms with Crippen molar-refractivity contribution in [1.29, 1.82) is 0 Å². The molecule has 98 valence electrons. The van der Waals surface area contributed by atoms with Crippen molar-refractivity contribution in [3.8, 4) is 0 Å². The molecular weight excluding hydrogens is 258 g/mol. The van der Waals surface area contributed by atoms with Gasteiger partial charge in [-0.2, -0.15) is 9.61 Å². The van der Waals surface area contributed by atoms with Gasteiger partial charge in [0.1, 0.15) is 5.01 Å². The Balaban J connectivity index is 1.94. The lowest BCUT2D eigenvalue weighted by Crippen LogP contribution is -2.04. The van der Waals surface area contributed by atoms with Gasteiger partial charge in [0.2, 0.25) is 4.96 Å². The van der Waals surface area contributed by atoms with Crippen molar-refractivity contribution in [3.05, 3.63) is 46.2 Å². The monoisotopic (exact) mass is 273 g/mol. The Morgan fingerprint density at radius 1 is 1.26 bits per heavy atom. The smallest absolute Gasteiger partial charge is 0.234 e. The molecule has 0 radical (unpaired) electrons. The number of benzene rings is 1. The van der Waals surface area contributed by atoms with E-state index in [4.69, 9.17) is 5.73 Å². The van der Waals surface area contributed by atoms with Gasteiger partial charge in [-0.05, 0) is 24.6 Å². The van der Waals surface area contributed by atoms with E-state index < -0.39 is 0 Å². The molecule has 19 heavy (non-hydrogen) atoms. The van der Waals surface area contributed by atoms with Crippen LogP contribution in [0, 0.1) is 6.92 Å². The number of aryl methyl sites for hydroxylation is 1. The third-order valence-corrected chi connectivity index (χ3v) is 4.02. The highest BCUT2D eigenvalue weighted by Gasteiger charge is 2.12. The van der Waals surface area contributed by atoms with Crippen molar-refractivity contribution >= 4 is 16.3 Å². The van der Waals surface area contributed by atoms with E-state index in [9.17, 15) is 0 Å². The van der Waals surface area contributed by atoms with Gasteiger partial charge in [0.25, 0.3) is 0 Å². The number of aromatic nitrogens is 4. The van der Waals surface area contributed by atoms with Gasteiger partial charge in [-0.15, -0.1) is 10.2 Å². The van der Waals surface area contributed by atoms with Crippen LogP contribution >= 0.6 is 11.3 Å². The zero-order valence-electron chi connectivity index (χ0n) is 10.7. The molecule has 2 heterocycles. The number of nitrogens with two attached hydrogens (primary N) is 1. The third kappa shape index (κ3) is 2.36. The highest BCUT2D eigenvalue weighted by molar-refractivity contribution is 7.16. The molecule has 2 aromatic heterocycles. The molecule has 0 saturated carbocycles. The lowest BCUT2D eigenvalue weighted by Gasteiger charge is -2.02. The predicted octanol–water partition coefficient (Wildman–Crippen LogP) is 1.59. The number of nitrogens with zero attached hydrogens (tertiary/aromatic N) is 4. The Labute approximate surface area is 115 Å². The molecule has 3 aromatic rings. The Morgan fingerprint density at radius 3 is 2.89 bits per heavy atom. The normalized spacial score (nSPS) is 11.3. The van der Waals surface area contributed by atoms with Crippen LogP contribution in [0.25, 0.3) is 4.96 Å². The minimum atomic E-state index is 0.608. The zero-order valence-corrected chi connectivity index (χ0v) is 11.5. The molecule has 5 nitrogen and oxygen atoms in total. The highest BCUT2D eigenvalue weighted by atomic mass is 32.1. The van der Waals surface area contributed by atoms with Crippen molar-refractivity contribution in [2.75, 3.05) is 6.54 Å². The maximum Gasteiger partial charge on any atom is 0.234 e. The Bertz CT molecular complexity index is 700. The van der Waals surface area contributed by atoms with E-state index in [1.807, 2.05) is 16.6 Å². The summed E-state index contributed by atoms with van der Waals surface area (Å²) in [6.45, 7) is 2.71. The summed E-state index contributed by atoms with van der Waals surface area (Å²) in [5, 5.41) is 13.9. The molecule has 0 atom stereocenters. The summed E-state index contributed by atoms with van der Waals surface area (Å²) in [5.41, 5.74) is 8.07. The van der Waals surface area contributed by atoms with Gasteiger partial charge in [-0.3, -0.25) is 0 Å². The largest absolute Gasteiger partial charge is 0.330 e. The summed E-state index contributed by atoms with van der Waals surface area (Å²) >= 11 is 1.56. The fourth-order valence-corrected chi connectivity index (χ4v) is 2.88. The predicted molar refractivity (Wildman–Crippen MR) is 75.4 cm³/mol. The molecule has 0 amide bonds. The van der Waals surface area contributed by atoms with Gasteiger partial charge in [0, 0.05) is 12.8 Å². The third-order valence-electron chi connectivity index (χ3n) is 3.07. The van der Waals surface area contributed by atoms with Gasteiger partial charge in [0.15, 0.2) is 5.82 Å². The van der Waals surface area contributed by atoms with Crippen LogP contribution in [-0.4, -0.2) is 26.4 Å². The first kappa shape index (κ1) is 12.3. The number of hydrogen-bond acceptors (Lipinski definition) is 5. The van der Waals surface area contributed by atoms with Crippen LogP contribution in [0.4, 0.5) is 0 Å². The minimum absolute atomic E-state index is 0.608. The Morgan fingerprint density at radius 2 is 2.11 bits per heavy atom. The molecule has 0 aliphatic carbocycles. The van der Waals surface area contributed by atoms with Crippen LogP contribution in [0.3, 0.4) is 0 Å². The van der Waals surface area contributed by atoms with E-state index in [1.165, 1.54) is 11.1 Å². The number of hydrogen-bond donors (Lipinski definition) is 1. The summed E-state index contributed by atoms with van der Waals surface area (Å²) in [6.07, 6.45) is 1.54. The average molecular weight is 273 g/mol. The number of rotatable bonds is 4. The molecule has 0 fully saturated rings. The van der Waals surface area contributed by atoms with E-state index in [-0.39, 0.29) is 0 Å². The second-order valence-corrected chi connectivity index (χ2v) is 5.49. The van der Waals surface area contributed by atoms with E-state index in [0.29, 0.717) is 6.54 Å². The maximum atomic E-state index is 5.55. The van der Waals surface area contributed by atoms with E-state index in [0.717, 1.165) is 28.6 Å². The molecule has 3 rings (SSSR count). The lowest BCUT2D eigenvalue weighted by atomic mass is 10.1. The summed E-state index contributed by atoms with van der Waals surface area (Å²) in [7, 11) is 0. The van der Waals surface area contributed by atoms with Gasteiger partial charge in [-0.25, -0.2) is 0 Å². The first-order chi connectivity index (χ1) is 9.28. The molecule has 0 saturated heterocycles. The molecule has 0 aliphatic heterocycles. The Hall–Kier alpha value is -1.79. The summed E-state index contributed by atoms with van der Waals surface area (Å²) < 4.78 is 1.84. The van der Waals surface area contributed by atoms with Crippen molar-refractivity contribution < 1.29 is 0 Å². The standard InChI is InChI=1S/C13H15N5S/c1-9-4-2-3-5-10(9)8-11-15-16-13-18(11)17-12(19-13)6-7-14/h2-5H,6-8,14H2,1H3.